The van der Waals surface area contributed by atoms with E-state index in [-0.39, 0.29) is 23.4 Å². The Bertz CT molecular complexity index is 697. The molecule has 1 saturated heterocycles. The summed E-state index contributed by atoms with van der Waals surface area (Å²) in [7, 11) is 1.85. The lowest BCUT2D eigenvalue weighted by Crippen LogP contribution is -2.28. The van der Waals surface area contributed by atoms with Gasteiger partial charge in [0.1, 0.15) is 5.82 Å². The Labute approximate surface area is 128 Å². The molecule has 1 aliphatic rings. The van der Waals surface area contributed by atoms with Crippen molar-refractivity contribution in [3.8, 4) is 0 Å². The van der Waals surface area contributed by atoms with Crippen LogP contribution in [0.1, 0.15) is 17.0 Å². The van der Waals surface area contributed by atoms with E-state index in [4.69, 9.17) is 0 Å². The molecule has 0 spiro atoms. The number of aryl methyl sites for hydroxylation is 2. The van der Waals surface area contributed by atoms with E-state index in [1.54, 1.807) is 23.0 Å². The highest BCUT2D eigenvalue weighted by Crippen LogP contribution is 2.29. The first kappa shape index (κ1) is 14.7. The van der Waals surface area contributed by atoms with Gasteiger partial charge in [-0.1, -0.05) is 6.07 Å². The first-order valence-corrected chi connectivity index (χ1v) is 7.31. The first-order valence-electron chi connectivity index (χ1n) is 7.31. The van der Waals surface area contributed by atoms with Gasteiger partial charge in [-0.15, -0.1) is 0 Å². The number of benzene rings is 1. The zero-order chi connectivity index (χ0) is 15.7. The quantitative estimate of drug-likeness (QED) is 0.909. The zero-order valence-electron chi connectivity index (χ0n) is 12.6. The standard InChI is InChI=1S/C16H19FN4O/c1-10-3-4-15(14(17)5-10)20-16(22)13-8-18-7-12(13)11-6-19-21(2)9-11/h3-6,9,12-13,18H,7-8H2,1-2H3,(H,20,22)/t12-,13+/m1/s1. The Kier molecular flexibility index (Phi) is 3.94. The topological polar surface area (TPSA) is 59.0 Å². The number of hydrogen-bond acceptors (Lipinski definition) is 3. The summed E-state index contributed by atoms with van der Waals surface area (Å²) in [5, 5.41) is 10.1. The highest BCUT2D eigenvalue weighted by atomic mass is 19.1. The van der Waals surface area contributed by atoms with Gasteiger partial charge in [0, 0.05) is 32.3 Å². The van der Waals surface area contributed by atoms with Gasteiger partial charge in [0.05, 0.1) is 17.8 Å². The number of carbonyl (C=O) groups excluding carboxylic acids is 1. The molecular formula is C16H19FN4O. The van der Waals surface area contributed by atoms with E-state index in [1.165, 1.54) is 6.07 Å². The van der Waals surface area contributed by atoms with Crippen molar-refractivity contribution in [2.45, 2.75) is 12.8 Å². The molecule has 3 rings (SSSR count). The fourth-order valence-electron chi connectivity index (χ4n) is 2.88. The van der Waals surface area contributed by atoms with Crippen LogP contribution in [0.3, 0.4) is 0 Å². The second kappa shape index (κ2) is 5.88. The molecule has 0 aliphatic carbocycles. The van der Waals surface area contributed by atoms with E-state index in [0.29, 0.717) is 6.54 Å². The molecular weight excluding hydrogens is 283 g/mol. The number of carbonyl (C=O) groups is 1. The average Bonchev–Trinajstić information content (AvgIpc) is 3.10. The molecule has 1 aromatic heterocycles. The fraction of sp³-hybridized carbons (Fsp3) is 0.375. The van der Waals surface area contributed by atoms with Crippen LogP contribution in [0, 0.1) is 18.7 Å². The van der Waals surface area contributed by atoms with E-state index < -0.39 is 5.82 Å². The predicted molar refractivity (Wildman–Crippen MR) is 82.1 cm³/mol. The third-order valence-electron chi connectivity index (χ3n) is 4.09. The molecule has 1 aliphatic heterocycles. The molecule has 0 bridgehead atoms. The van der Waals surface area contributed by atoms with Gasteiger partial charge in [-0.2, -0.15) is 5.10 Å². The molecule has 6 heteroatoms. The van der Waals surface area contributed by atoms with Crippen LogP contribution in [0.25, 0.3) is 0 Å². The van der Waals surface area contributed by atoms with Crippen LogP contribution >= 0.6 is 0 Å². The van der Waals surface area contributed by atoms with Crippen LogP contribution in [0.5, 0.6) is 0 Å². The largest absolute Gasteiger partial charge is 0.323 e. The number of hydrogen-bond donors (Lipinski definition) is 2. The van der Waals surface area contributed by atoms with Gasteiger partial charge in [0.25, 0.3) is 0 Å². The van der Waals surface area contributed by atoms with Crippen molar-refractivity contribution < 1.29 is 9.18 Å². The van der Waals surface area contributed by atoms with Crippen molar-refractivity contribution in [3.63, 3.8) is 0 Å². The number of anilines is 1. The second-order valence-corrected chi connectivity index (χ2v) is 5.79. The molecule has 1 aromatic carbocycles. The lowest BCUT2D eigenvalue weighted by atomic mass is 9.90. The molecule has 2 N–H and O–H groups in total. The Morgan fingerprint density at radius 3 is 2.95 bits per heavy atom. The van der Waals surface area contributed by atoms with Crippen LogP contribution in [0.2, 0.25) is 0 Å². The molecule has 5 nitrogen and oxygen atoms in total. The van der Waals surface area contributed by atoms with Crippen molar-refractivity contribution in [3.05, 3.63) is 47.5 Å². The average molecular weight is 302 g/mol. The monoisotopic (exact) mass is 302 g/mol. The van der Waals surface area contributed by atoms with Gasteiger partial charge in [0.15, 0.2) is 0 Å². The second-order valence-electron chi connectivity index (χ2n) is 5.79. The number of aromatic nitrogens is 2. The zero-order valence-corrected chi connectivity index (χ0v) is 12.6. The molecule has 2 heterocycles. The summed E-state index contributed by atoms with van der Waals surface area (Å²) in [6, 6.07) is 4.80. The first-order chi connectivity index (χ1) is 10.5. The van der Waals surface area contributed by atoms with E-state index in [2.05, 4.69) is 15.7 Å². The van der Waals surface area contributed by atoms with Crippen LogP contribution in [0.15, 0.2) is 30.6 Å². The third-order valence-corrected chi connectivity index (χ3v) is 4.09. The number of nitrogens with zero attached hydrogens (tertiary/aromatic N) is 2. The summed E-state index contributed by atoms with van der Waals surface area (Å²) in [6.45, 7) is 3.12. The fourth-order valence-corrected chi connectivity index (χ4v) is 2.88. The van der Waals surface area contributed by atoms with Gasteiger partial charge in [-0.25, -0.2) is 4.39 Å². The summed E-state index contributed by atoms with van der Waals surface area (Å²) in [4.78, 5) is 12.5. The van der Waals surface area contributed by atoms with Crippen molar-refractivity contribution in [2.75, 3.05) is 18.4 Å². The lowest BCUT2D eigenvalue weighted by Gasteiger charge is -2.17. The Hall–Kier alpha value is -2.21. The number of halogens is 1. The Morgan fingerprint density at radius 1 is 1.45 bits per heavy atom. The minimum absolute atomic E-state index is 0.0576. The Balaban J connectivity index is 1.76. The van der Waals surface area contributed by atoms with Gasteiger partial charge >= 0.3 is 0 Å². The summed E-state index contributed by atoms with van der Waals surface area (Å²) < 4.78 is 15.6. The van der Waals surface area contributed by atoms with Crippen LogP contribution in [0.4, 0.5) is 10.1 Å². The summed E-state index contributed by atoms with van der Waals surface area (Å²) in [5.41, 5.74) is 2.08. The number of amides is 1. The van der Waals surface area contributed by atoms with Gasteiger partial charge in [-0.05, 0) is 30.2 Å². The SMILES string of the molecule is Cc1ccc(NC(=O)[C@H]2CNC[C@@H]2c2cnn(C)c2)c(F)c1. The Morgan fingerprint density at radius 2 is 2.27 bits per heavy atom. The minimum Gasteiger partial charge on any atom is -0.323 e. The maximum Gasteiger partial charge on any atom is 0.229 e. The molecule has 22 heavy (non-hydrogen) atoms. The van der Waals surface area contributed by atoms with E-state index in [1.807, 2.05) is 20.2 Å². The van der Waals surface area contributed by atoms with Gasteiger partial charge in [0.2, 0.25) is 5.91 Å². The van der Waals surface area contributed by atoms with Gasteiger partial charge < -0.3 is 10.6 Å². The lowest BCUT2D eigenvalue weighted by molar-refractivity contribution is -0.119. The predicted octanol–water partition coefficient (Wildman–Crippen LogP) is 1.81. The van der Waals surface area contributed by atoms with Crippen molar-refractivity contribution in [2.24, 2.45) is 13.0 Å². The number of rotatable bonds is 3. The molecule has 2 atom stereocenters. The van der Waals surface area contributed by atoms with E-state index >= 15 is 0 Å². The van der Waals surface area contributed by atoms with E-state index in [0.717, 1.165) is 17.7 Å². The van der Waals surface area contributed by atoms with Crippen LogP contribution in [-0.4, -0.2) is 28.8 Å². The highest BCUT2D eigenvalue weighted by Gasteiger charge is 2.34. The van der Waals surface area contributed by atoms with Crippen molar-refractivity contribution >= 4 is 11.6 Å². The summed E-state index contributed by atoms with van der Waals surface area (Å²) in [6.07, 6.45) is 3.70. The smallest absolute Gasteiger partial charge is 0.229 e. The van der Waals surface area contributed by atoms with Crippen molar-refractivity contribution in [1.82, 2.24) is 15.1 Å². The normalized spacial score (nSPS) is 21.0. The minimum atomic E-state index is -0.405. The summed E-state index contributed by atoms with van der Waals surface area (Å²) >= 11 is 0. The molecule has 1 amide bonds. The summed E-state index contributed by atoms with van der Waals surface area (Å²) in [5.74, 6) is -0.744. The maximum atomic E-state index is 13.9. The maximum absolute atomic E-state index is 13.9. The molecule has 0 radical (unpaired) electrons. The molecule has 116 valence electrons. The van der Waals surface area contributed by atoms with Crippen LogP contribution in [-0.2, 0) is 11.8 Å². The van der Waals surface area contributed by atoms with Crippen molar-refractivity contribution in [1.29, 1.82) is 0 Å². The van der Waals surface area contributed by atoms with E-state index in [9.17, 15) is 9.18 Å². The molecule has 0 unspecified atom stereocenters. The van der Waals surface area contributed by atoms with Gasteiger partial charge in [-0.3, -0.25) is 9.48 Å². The molecule has 0 saturated carbocycles. The number of nitrogens with one attached hydrogen (secondary N) is 2. The molecule has 2 aromatic rings. The molecule has 1 fully saturated rings. The van der Waals surface area contributed by atoms with Crippen LogP contribution < -0.4 is 10.6 Å². The third kappa shape index (κ3) is 2.87. The highest BCUT2D eigenvalue weighted by molar-refractivity contribution is 5.93.